The van der Waals surface area contributed by atoms with E-state index in [4.69, 9.17) is 24.3 Å². The van der Waals surface area contributed by atoms with E-state index in [1.54, 1.807) is 33.0 Å². The molecule has 0 bridgehead atoms. The lowest BCUT2D eigenvalue weighted by molar-refractivity contribution is -0.139. The molecule has 5 aromatic rings. The highest BCUT2D eigenvalue weighted by Gasteiger charge is 2.27. The molecule has 0 fully saturated rings. The first kappa shape index (κ1) is 35.2. The molecule has 1 aliphatic rings. The average molecular weight is 668 g/mol. The number of nitrogens with zero attached hydrogens (tertiary/aromatic N) is 3. The van der Waals surface area contributed by atoms with Crippen molar-refractivity contribution < 1.29 is 33.3 Å². The first-order chi connectivity index (χ1) is 23.3. The van der Waals surface area contributed by atoms with Gasteiger partial charge >= 0.3 is 11.9 Å². The predicted molar refractivity (Wildman–Crippen MR) is 186 cm³/mol. The Hall–Kier alpha value is -5.09. The minimum Gasteiger partial charge on any atom is -0.490 e. The van der Waals surface area contributed by atoms with Crippen molar-refractivity contribution in [3.8, 4) is 28.1 Å². The van der Waals surface area contributed by atoms with Gasteiger partial charge in [0.2, 0.25) is 0 Å². The zero-order valence-corrected chi connectivity index (χ0v) is 29.0. The van der Waals surface area contributed by atoms with Gasteiger partial charge in [-0.2, -0.15) is 0 Å². The molecule has 0 aliphatic carbocycles. The molecule has 0 unspecified atom stereocenters. The van der Waals surface area contributed by atoms with Crippen LogP contribution in [-0.2, 0) is 40.8 Å². The van der Waals surface area contributed by atoms with Crippen molar-refractivity contribution in [3.05, 3.63) is 100 Å². The molecule has 49 heavy (non-hydrogen) atoms. The van der Waals surface area contributed by atoms with Crippen LogP contribution in [0.1, 0.15) is 65.6 Å². The maximum absolute atomic E-state index is 15.5. The Morgan fingerprint density at radius 2 is 1.80 bits per heavy atom. The van der Waals surface area contributed by atoms with Gasteiger partial charge in [0.25, 0.3) is 0 Å². The van der Waals surface area contributed by atoms with Gasteiger partial charge < -0.3 is 23.9 Å². The van der Waals surface area contributed by atoms with Crippen LogP contribution in [0.25, 0.3) is 33.4 Å². The van der Waals surface area contributed by atoms with Crippen LogP contribution >= 0.6 is 0 Å². The number of benzene rings is 2. The fraction of sp³-hybridized carbons (Fsp3) is 0.333. The summed E-state index contributed by atoms with van der Waals surface area (Å²) in [6, 6.07) is 16.4. The molecule has 0 radical (unpaired) electrons. The number of aryl methyl sites for hydroxylation is 2. The molecule has 0 amide bonds. The number of hydrogen-bond acceptors (Lipinski definition) is 8. The summed E-state index contributed by atoms with van der Waals surface area (Å²) in [5.41, 5.74) is 7.14. The summed E-state index contributed by atoms with van der Waals surface area (Å²) in [6.07, 6.45) is 3.04. The Balaban J connectivity index is 0.000000874. The SMILES string of the molecule is CC(C)(C)O.COC(=O)Cc1c(C)nc2c(cc(-c3ccnc(C(=O)OCc4ccccc4)c3)n2C)c1-c1cc(F)c2c(c1C)CCCO2. The zero-order chi connectivity index (χ0) is 35.5. The number of aromatic nitrogens is 3. The second-order valence-electron chi connectivity index (χ2n) is 13.1. The maximum atomic E-state index is 15.5. The molecule has 6 rings (SSSR count). The molecule has 2 aromatic carbocycles. The number of esters is 2. The lowest BCUT2D eigenvalue weighted by atomic mass is 9.87. The fourth-order valence-electron chi connectivity index (χ4n) is 5.92. The third-order valence-corrected chi connectivity index (χ3v) is 8.21. The molecule has 0 spiro atoms. The van der Waals surface area contributed by atoms with Crippen LogP contribution in [0.2, 0.25) is 0 Å². The number of halogens is 1. The monoisotopic (exact) mass is 667 g/mol. The van der Waals surface area contributed by atoms with Crippen molar-refractivity contribution in [1.82, 2.24) is 14.5 Å². The normalized spacial score (nSPS) is 12.4. The molecule has 0 saturated heterocycles. The Kier molecular flexibility index (Phi) is 10.5. The number of rotatable bonds is 7. The third-order valence-electron chi connectivity index (χ3n) is 8.21. The van der Waals surface area contributed by atoms with Crippen molar-refractivity contribution in [2.45, 2.75) is 66.1 Å². The van der Waals surface area contributed by atoms with E-state index in [9.17, 15) is 9.59 Å². The largest absolute Gasteiger partial charge is 0.490 e. The number of aliphatic hydroxyl groups is 1. The van der Waals surface area contributed by atoms with E-state index in [-0.39, 0.29) is 18.7 Å². The quantitative estimate of drug-likeness (QED) is 0.181. The van der Waals surface area contributed by atoms with Crippen LogP contribution in [-0.4, -0.2) is 50.9 Å². The highest BCUT2D eigenvalue weighted by molar-refractivity contribution is 6.01. The Morgan fingerprint density at radius 3 is 2.49 bits per heavy atom. The van der Waals surface area contributed by atoms with Crippen LogP contribution in [0.3, 0.4) is 0 Å². The van der Waals surface area contributed by atoms with Gasteiger partial charge in [-0.05, 0) is 99.5 Å². The van der Waals surface area contributed by atoms with Gasteiger partial charge in [-0.3, -0.25) is 4.79 Å². The summed E-state index contributed by atoms with van der Waals surface area (Å²) in [5.74, 6) is -1.09. The zero-order valence-electron chi connectivity index (χ0n) is 29.0. The smallest absolute Gasteiger partial charge is 0.357 e. The van der Waals surface area contributed by atoms with Crippen LogP contribution in [0.5, 0.6) is 5.75 Å². The number of pyridine rings is 2. The van der Waals surface area contributed by atoms with Crippen molar-refractivity contribution in [2.75, 3.05) is 13.7 Å². The molecule has 1 N–H and O–H groups in total. The minimum atomic E-state index is -0.535. The molecule has 0 atom stereocenters. The van der Waals surface area contributed by atoms with Gasteiger partial charge in [-0.1, -0.05) is 30.3 Å². The molecular weight excluding hydrogens is 625 g/mol. The summed E-state index contributed by atoms with van der Waals surface area (Å²) in [6.45, 7) is 9.65. The Bertz CT molecular complexity index is 2010. The number of hydrogen-bond donors (Lipinski definition) is 1. The molecule has 1 aliphatic heterocycles. The molecule has 3 aromatic heterocycles. The molecule has 256 valence electrons. The predicted octanol–water partition coefficient (Wildman–Crippen LogP) is 7.23. The number of methoxy groups -OCH3 is 1. The van der Waals surface area contributed by atoms with Crippen molar-refractivity contribution in [2.24, 2.45) is 7.05 Å². The van der Waals surface area contributed by atoms with Crippen molar-refractivity contribution in [3.63, 3.8) is 0 Å². The second kappa shape index (κ2) is 14.6. The van der Waals surface area contributed by atoms with Crippen LogP contribution in [0.4, 0.5) is 4.39 Å². The van der Waals surface area contributed by atoms with Crippen molar-refractivity contribution in [1.29, 1.82) is 0 Å². The van der Waals surface area contributed by atoms with Crippen LogP contribution in [0, 0.1) is 19.7 Å². The minimum absolute atomic E-state index is 0.0217. The van der Waals surface area contributed by atoms with E-state index in [1.165, 1.54) is 13.2 Å². The third kappa shape index (κ3) is 7.97. The molecule has 0 saturated carbocycles. The van der Waals surface area contributed by atoms with Gasteiger partial charge in [-0.15, -0.1) is 0 Å². The summed E-state index contributed by atoms with van der Waals surface area (Å²) in [7, 11) is 3.23. The summed E-state index contributed by atoms with van der Waals surface area (Å²) < 4.78 is 33.7. The standard InChI is InChI=1S/C35H32FN3O5.C4H10O/c1-20-24-11-8-14-43-33(24)28(36)16-25(20)32-26(18-31(40)42-4)21(2)38-34-27(32)17-30(39(34)3)23-12-13-37-29(15-23)35(41)44-19-22-9-6-5-7-10-22;1-4(2,3)5/h5-7,9-10,12-13,15-17H,8,11,14,18-19H2,1-4H3;5H,1-3H3. The molecule has 10 heteroatoms. The molecule has 9 nitrogen and oxygen atoms in total. The lowest BCUT2D eigenvalue weighted by Crippen LogP contribution is -2.13. The number of carbonyl (C=O) groups excluding carboxylic acids is 2. The molecule has 4 heterocycles. The summed E-state index contributed by atoms with van der Waals surface area (Å²) in [4.78, 5) is 34.6. The topological polar surface area (TPSA) is 113 Å². The fourth-order valence-corrected chi connectivity index (χ4v) is 5.92. The van der Waals surface area contributed by atoms with Gasteiger partial charge in [-0.25, -0.2) is 19.2 Å². The summed E-state index contributed by atoms with van der Waals surface area (Å²) in [5, 5.41) is 9.27. The van der Waals surface area contributed by atoms with Gasteiger partial charge in [0.05, 0.1) is 31.4 Å². The van der Waals surface area contributed by atoms with E-state index in [2.05, 4.69) is 4.98 Å². The highest BCUT2D eigenvalue weighted by Crippen LogP contribution is 2.43. The highest BCUT2D eigenvalue weighted by atomic mass is 19.1. The molecular formula is C39H42FN3O6. The number of fused-ring (bicyclic) bond motifs is 2. The average Bonchev–Trinajstić information content (AvgIpc) is 3.40. The van der Waals surface area contributed by atoms with Gasteiger partial charge in [0, 0.05) is 35.5 Å². The second-order valence-corrected chi connectivity index (χ2v) is 13.1. The Morgan fingerprint density at radius 1 is 1.08 bits per heavy atom. The van der Waals surface area contributed by atoms with Gasteiger partial charge in [0.15, 0.2) is 11.6 Å². The van der Waals surface area contributed by atoms with E-state index >= 15 is 4.39 Å². The van der Waals surface area contributed by atoms with E-state index < -0.39 is 23.4 Å². The van der Waals surface area contributed by atoms with Crippen molar-refractivity contribution >= 4 is 23.0 Å². The van der Waals surface area contributed by atoms with Crippen LogP contribution < -0.4 is 4.74 Å². The summed E-state index contributed by atoms with van der Waals surface area (Å²) >= 11 is 0. The van der Waals surface area contributed by atoms with E-state index in [1.807, 2.05) is 67.9 Å². The van der Waals surface area contributed by atoms with Gasteiger partial charge in [0.1, 0.15) is 17.9 Å². The van der Waals surface area contributed by atoms with E-state index in [0.717, 1.165) is 45.3 Å². The van der Waals surface area contributed by atoms with Crippen LogP contribution in [0.15, 0.2) is 60.8 Å². The van der Waals surface area contributed by atoms with E-state index in [0.29, 0.717) is 41.2 Å². The number of ether oxygens (including phenoxy) is 3. The number of carbonyl (C=O) groups is 2. The Labute approximate surface area is 285 Å². The maximum Gasteiger partial charge on any atom is 0.357 e. The first-order valence-electron chi connectivity index (χ1n) is 16.2. The first-order valence-corrected chi connectivity index (χ1v) is 16.2. The lowest BCUT2D eigenvalue weighted by Gasteiger charge is -2.23.